The molecular formula is C15H17ClFN3. The number of aromatic nitrogens is 2. The molecule has 1 aromatic carbocycles. The monoisotopic (exact) mass is 293 g/mol. The normalized spacial score (nSPS) is 14.8. The molecule has 0 bridgehead atoms. The number of nitrogen functional groups attached to an aromatic ring is 1. The second kappa shape index (κ2) is 5.09. The molecule has 1 fully saturated rings. The van der Waals surface area contributed by atoms with Gasteiger partial charge >= 0.3 is 0 Å². The maximum Gasteiger partial charge on any atom is 0.142 e. The molecule has 0 radical (unpaired) electrons. The third-order valence-corrected chi connectivity index (χ3v) is 3.93. The zero-order valence-electron chi connectivity index (χ0n) is 11.4. The van der Waals surface area contributed by atoms with Gasteiger partial charge in [-0.25, -0.2) is 9.37 Å². The van der Waals surface area contributed by atoms with Crippen LogP contribution in [-0.2, 0) is 6.54 Å². The zero-order valence-corrected chi connectivity index (χ0v) is 12.1. The van der Waals surface area contributed by atoms with Gasteiger partial charge in [-0.15, -0.1) is 0 Å². The fourth-order valence-corrected chi connectivity index (χ4v) is 2.57. The van der Waals surface area contributed by atoms with Gasteiger partial charge in [-0.2, -0.15) is 0 Å². The number of benzene rings is 1. The van der Waals surface area contributed by atoms with E-state index in [4.69, 9.17) is 17.3 Å². The molecule has 5 heteroatoms. The molecule has 1 aliphatic rings. The van der Waals surface area contributed by atoms with Crippen molar-refractivity contribution in [3.8, 4) is 11.3 Å². The summed E-state index contributed by atoms with van der Waals surface area (Å²) in [6, 6.07) is 4.70. The number of imidazole rings is 1. The van der Waals surface area contributed by atoms with Crippen LogP contribution >= 0.6 is 11.6 Å². The maximum atomic E-state index is 13.6. The van der Waals surface area contributed by atoms with Crippen LogP contribution in [0.4, 0.5) is 10.2 Å². The minimum Gasteiger partial charge on any atom is -0.383 e. The lowest BCUT2D eigenvalue weighted by Gasteiger charge is -2.07. The van der Waals surface area contributed by atoms with Gasteiger partial charge in [0.2, 0.25) is 0 Å². The first-order chi connectivity index (χ1) is 9.61. The SMILES string of the molecule is CCCn1c(C2CC2)nc(-c2ccc(Cl)c(F)c2)c1N. The molecule has 0 amide bonds. The van der Waals surface area contributed by atoms with Crippen molar-refractivity contribution in [3.05, 3.63) is 34.9 Å². The second-order valence-electron chi connectivity index (χ2n) is 5.26. The van der Waals surface area contributed by atoms with Gasteiger partial charge in [-0.1, -0.05) is 24.6 Å². The minimum atomic E-state index is -0.443. The van der Waals surface area contributed by atoms with Gasteiger partial charge in [0.1, 0.15) is 23.2 Å². The Labute approximate surface area is 122 Å². The topological polar surface area (TPSA) is 43.8 Å². The van der Waals surface area contributed by atoms with Crippen molar-refractivity contribution in [1.29, 1.82) is 0 Å². The predicted octanol–water partition coefficient (Wildman–Crippen LogP) is 4.21. The molecule has 0 spiro atoms. The third kappa shape index (κ3) is 2.29. The van der Waals surface area contributed by atoms with E-state index in [1.54, 1.807) is 12.1 Å². The summed E-state index contributed by atoms with van der Waals surface area (Å²) in [6.45, 7) is 2.96. The fraction of sp³-hybridized carbons (Fsp3) is 0.400. The molecule has 0 aliphatic heterocycles. The standard InChI is InChI=1S/C15H17ClFN3/c1-2-7-20-14(18)13(19-15(20)9-3-4-9)10-5-6-11(16)12(17)8-10/h5-6,8-9H,2-4,7,18H2,1H3. The van der Waals surface area contributed by atoms with E-state index in [-0.39, 0.29) is 5.02 Å². The van der Waals surface area contributed by atoms with Crippen LogP contribution in [0.2, 0.25) is 5.02 Å². The summed E-state index contributed by atoms with van der Waals surface area (Å²) in [4.78, 5) is 4.66. The van der Waals surface area contributed by atoms with Crippen LogP contribution in [0.3, 0.4) is 0 Å². The number of halogens is 2. The molecule has 106 valence electrons. The zero-order chi connectivity index (χ0) is 14.3. The molecule has 3 rings (SSSR count). The molecule has 20 heavy (non-hydrogen) atoms. The quantitative estimate of drug-likeness (QED) is 0.917. The summed E-state index contributed by atoms with van der Waals surface area (Å²) in [6.07, 6.45) is 3.32. The van der Waals surface area contributed by atoms with Crippen LogP contribution in [0, 0.1) is 5.82 Å². The molecule has 1 heterocycles. The molecule has 2 aromatic rings. The minimum absolute atomic E-state index is 0.114. The van der Waals surface area contributed by atoms with Crippen LogP contribution in [0.5, 0.6) is 0 Å². The Morgan fingerprint density at radius 1 is 1.45 bits per heavy atom. The Bertz CT molecular complexity index is 647. The smallest absolute Gasteiger partial charge is 0.142 e. The van der Waals surface area contributed by atoms with Crippen molar-refractivity contribution in [2.75, 3.05) is 5.73 Å². The van der Waals surface area contributed by atoms with Gasteiger partial charge in [0.15, 0.2) is 0 Å². The highest BCUT2D eigenvalue weighted by molar-refractivity contribution is 6.30. The molecule has 2 N–H and O–H groups in total. The summed E-state index contributed by atoms with van der Waals surface area (Å²) in [7, 11) is 0. The number of nitrogens with zero attached hydrogens (tertiary/aromatic N) is 2. The van der Waals surface area contributed by atoms with E-state index in [9.17, 15) is 4.39 Å². The highest BCUT2D eigenvalue weighted by Crippen LogP contribution is 2.42. The van der Waals surface area contributed by atoms with Gasteiger partial charge in [0.25, 0.3) is 0 Å². The van der Waals surface area contributed by atoms with Crippen LogP contribution in [0.25, 0.3) is 11.3 Å². The number of nitrogens with two attached hydrogens (primary N) is 1. The highest BCUT2D eigenvalue weighted by atomic mass is 35.5. The lowest BCUT2D eigenvalue weighted by Crippen LogP contribution is -2.06. The van der Waals surface area contributed by atoms with Gasteiger partial charge < -0.3 is 10.3 Å². The summed E-state index contributed by atoms with van der Waals surface area (Å²) in [5.74, 6) is 1.72. The van der Waals surface area contributed by atoms with Crippen molar-refractivity contribution < 1.29 is 4.39 Å². The molecule has 1 aromatic heterocycles. The first-order valence-corrected chi connectivity index (χ1v) is 7.31. The van der Waals surface area contributed by atoms with E-state index in [2.05, 4.69) is 16.5 Å². The van der Waals surface area contributed by atoms with Crippen molar-refractivity contribution in [2.45, 2.75) is 38.6 Å². The van der Waals surface area contributed by atoms with E-state index in [0.717, 1.165) is 31.6 Å². The van der Waals surface area contributed by atoms with E-state index < -0.39 is 5.82 Å². The Balaban J connectivity index is 2.08. The first-order valence-electron chi connectivity index (χ1n) is 6.93. The van der Waals surface area contributed by atoms with Crippen molar-refractivity contribution in [2.24, 2.45) is 0 Å². The molecule has 3 nitrogen and oxygen atoms in total. The number of hydrogen-bond donors (Lipinski definition) is 1. The summed E-state index contributed by atoms with van der Waals surface area (Å²) < 4.78 is 15.7. The molecule has 0 saturated heterocycles. The molecule has 0 unspecified atom stereocenters. The molecular weight excluding hydrogens is 277 g/mol. The van der Waals surface area contributed by atoms with Crippen molar-refractivity contribution in [1.82, 2.24) is 9.55 Å². The third-order valence-electron chi connectivity index (χ3n) is 3.62. The van der Waals surface area contributed by atoms with Gasteiger partial charge in [0, 0.05) is 18.0 Å². The molecule has 1 saturated carbocycles. The Hall–Kier alpha value is -1.55. The van der Waals surface area contributed by atoms with Crippen LogP contribution in [0.15, 0.2) is 18.2 Å². The largest absolute Gasteiger partial charge is 0.383 e. The molecule has 0 atom stereocenters. The number of anilines is 1. The second-order valence-corrected chi connectivity index (χ2v) is 5.67. The first kappa shape index (κ1) is 13.4. The lowest BCUT2D eigenvalue weighted by molar-refractivity contribution is 0.628. The average molecular weight is 294 g/mol. The summed E-state index contributed by atoms with van der Waals surface area (Å²) in [5.41, 5.74) is 7.57. The number of hydrogen-bond acceptors (Lipinski definition) is 2. The fourth-order valence-electron chi connectivity index (χ4n) is 2.45. The predicted molar refractivity (Wildman–Crippen MR) is 79.3 cm³/mol. The lowest BCUT2D eigenvalue weighted by atomic mass is 10.1. The average Bonchev–Trinajstić information content (AvgIpc) is 3.21. The van der Waals surface area contributed by atoms with Crippen LogP contribution in [-0.4, -0.2) is 9.55 Å². The Morgan fingerprint density at radius 2 is 2.20 bits per heavy atom. The van der Waals surface area contributed by atoms with E-state index >= 15 is 0 Å². The van der Waals surface area contributed by atoms with Crippen molar-refractivity contribution >= 4 is 17.4 Å². The van der Waals surface area contributed by atoms with Gasteiger partial charge in [0.05, 0.1) is 5.02 Å². The Morgan fingerprint density at radius 3 is 2.80 bits per heavy atom. The highest BCUT2D eigenvalue weighted by Gasteiger charge is 2.30. The molecule has 1 aliphatic carbocycles. The van der Waals surface area contributed by atoms with Crippen LogP contribution < -0.4 is 5.73 Å². The van der Waals surface area contributed by atoms with Gasteiger partial charge in [-0.3, -0.25) is 0 Å². The van der Waals surface area contributed by atoms with E-state index in [0.29, 0.717) is 23.0 Å². The number of rotatable bonds is 4. The van der Waals surface area contributed by atoms with E-state index in [1.807, 2.05) is 0 Å². The summed E-state index contributed by atoms with van der Waals surface area (Å²) >= 11 is 5.72. The maximum absolute atomic E-state index is 13.6. The van der Waals surface area contributed by atoms with Crippen LogP contribution in [0.1, 0.15) is 37.9 Å². The summed E-state index contributed by atoms with van der Waals surface area (Å²) in [5, 5.41) is 0.114. The van der Waals surface area contributed by atoms with E-state index in [1.165, 1.54) is 6.07 Å². The van der Waals surface area contributed by atoms with Crippen molar-refractivity contribution in [3.63, 3.8) is 0 Å². The Kier molecular flexibility index (Phi) is 3.42. The van der Waals surface area contributed by atoms with Gasteiger partial charge in [-0.05, 0) is 31.4 Å².